The highest BCUT2D eigenvalue weighted by Gasteiger charge is 2.07. The fourth-order valence-electron chi connectivity index (χ4n) is 1.45. The van der Waals surface area contributed by atoms with E-state index >= 15 is 0 Å². The van der Waals surface area contributed by atoms with E-state index in [1.165, 1.54) is 12.1 Å². The predicted octanol–water partition coefficient (Wildman–Crippen LogP) is 3.53. The Balaban J connectivity index is 2.11. The van der Waals surface area contributed by atoms with Crippen LogP contribution in [0, 0.1) is 5.82 Å². The molecule has 0 saturated heterocycles. The molecule has 0 aliphatic rings. The zero-order valence-electron chi connectivity index (χ0n) is 9.40. The largest absolute Gasteiger partial charge is 0.445 e. The van der Waals surface area contributed by atoms with E-state index in [1.54, 1.807) is 18.3 Å². The van der Waals surface area contributed by atoms with Crippen LogP contribution in [0.5, 0.6) is 0 Å². The summed E-state index contributed by atoms with van der Waals surface area (Å²) < 4.78 is 18.3. The maximum absolute atomic E-state index is 12.7. The lowest BCUT2D eigenvalue weighted by Crippen LogP contribution is -1.88. The van der Waals surface area contributed by atoms with Crippen LogP contribution in [0.2, 0.25) is 0 Å². The maximum atomic E-state index is 12.7. The van der Waals surface area contributed by atoms with E-state index in [0.29, 0.717) is 18.2 Å². The van der Waals surface area contributed by atoms with Crippen molar-refractivity contribution in [1.29, 1.82) is 0 Å². The second kappa shape index (κ2) is 4.47. The van der Waals surface area contributed by atoms with Gasteiger partial charge in [0.2, 0.25) is 0 Å². The van der Waals surface area contributed by atoms with Gasteiger partial charge in [-0.1, -0.05) is 26.0 Å². The number of benzene rings is 1. The van der Waals surface area contributed by atoms with Crippen molar-refractivity contribution in [2.75, 3.05) is 0 Å². The Bertz CT molecular complexity index is 459. The first-order valence-electron chi connectivity index (χ1n) is 5.34. The minimum Gasteiger partial charge on any atom is -0.445 e. The van der Waals surface area contributed by atoms with Gasteiger partial charge < -0.3 is 4.42 Å². The van der Waals surface area contributed by atoms with E-state index < -0.39 is 0 Å². The molecule has 0 radical (unpaired) electrons. The van der Waals surface area contributed by atoms with Gasteiger partial charge in [0.1, 0.15) is 11.6 Å². The normalized spacial score (nSPS) is 11.0. The highest BCUT2D eigenvalue weighted by molar-refractivity contribution is 5.19. The lowest BCUT2D eigenvalue weighted by atomic mass is 10.1. The van der Waals surface area contributed by atoms with Gasteiger partial charge in [-0.05, 0) is 17.7 Å². The summed E-state index contributed by atoms with van der Waals surface area (Å²) >= 11 is 0. The summed E-state index contributed by atoms with van der Waals surface area (Å²) in [6.45, 7) is 4.12. The van der Waals surface area contributed by atoms with Crippen LogP contribution < -0.4 is 0 Å². The SMILES string of the molecule is CC(C)c1cnc(Cc2ccc(F)cc2)o1. The van der Waals surface area contributed by atoms with Crippen LogP contribution in [0.25, 0.3) is 0 Å². The van der Waals surface area contributed by atoms with Crippen LogP contribution in [0.4, 0.5) is 4.39 Å². The molecule has 0 bridgehead atoms. The number of rotatable bonds is 3. The molecule has 1 heterocycles. The summed E-state index contributed by atoms with van der Waals surface area (Å²) in [6, 6.07) is 6.38. The van der Waals surface area contributed by atoms with E-state index in [9.17, 15) is 4.39 Å². The third kappa shape index (κ3) is 2.48. The summed E-state index contributed by atoms with van der Waals surface area (Å²) in [4.78, 5) is 4.19. The number of nitrogens with zero attached hydrogens (tertiary/aromatic N) is 1. The van der Waals surface area contributed by atoms with Crippen molar-refractivity contribution in [3.05, 3.63) is 53.5 Å². The van der Waals surface area contributed by atoms with Gasteiger partial charge in [-0.15, -0.1) is 0 Å². The van der Waals surface area contributed by atoms with Crippen molar-refractivity contribution >= 4 is 0 Å². The predicted molar refractivity (Wildman–Crippen MR) is 59.8 cm³/mol. The molecule has 0 amide bonds. The molecule has 0 unspecified atom stereocenters. The van der Waals surface area contributed by atoms with Gasteiger partial charge in [0.05, 0.1) is 6.20 Å². The van der Waals surface area contributed by atoms with Crippen LogP contribution in [-0.4, -0.2) is 4.98 Å². The lowest BCUT2D eigenvalue weighted by Gasteiger charge is -1.98. The smallest absolute Gasteiger partial charge is 0.198 e. The first kappa shape index (κ1) is 10.9. The number of oxazole rings is 1. The van der Waals surface area contributed by atoms with Gasteiger partial charge in [-0.3, -0.25) is 0 Å². The minimum atomic E-state index is -0.223. The molecule has 2 nitrogen and oxygen atoms in total. The average Bonchev–Trinajstić information content (AvgIpc) is 2.70. The van der Waals surface area contributed by atoms with Crippen molar-refractivity contribution < 1.29 is 8.81 Å². The molecular formula is C13H14FNO. The monoisotopic (exact) mass is 219 g/mol. The molecule has 0 N–H and O–H groups in total. The quantitative estimate of drug-likeness (QED) is 0.789. The fraction of sp³-hybridized carbons (Fsp3) is 0.308. The Morgan fingerprint density at radius 2 is 1.94 bits per heavy atom. The van der Waals surface area contributed by atoms with E-state index in [0.717, 1.165) is 11.3 Å². The van der Waals surface area contributed by atoms with Gasteiger partial charge in [0.15, 0.2) is 5.89 Å². The standard InChI is InChI=1S/C13H14FNO/c1-9(2)12-8-15-13(16-12)7-10-3-5-11(14)6-4-10/h3-6,8-9H,7H2,1-2H3. The van der Waals surface area contributed by atoms with Crippen molar-refractivity contribution in [2.45, 2.75) is 26.2 Å². The molecule has 16 heavy (non-hydrogen) atoms. The van der Waals surface area contributed by atoms with Gasteiger partial charge in [-0.25, -0.2) is 9.37 Å². The molecule has 0 aliphatic carbocycles. The number of halogens is 1. The zero-order valence-corrected chi connectivity index (χ0v) is 9.40. The Morgan fingerprint density at radius 3 is 2.50 bits per heavy atom. The van der Waals surface area contributed by atoms with Crippen molar-refractivity contribution in [1.82, 2.24) is 4.98 Å². The summed E-state index contributed by atoms with van der Waals surface area (Å²) in [5, 5.41) is 0. The summed E-state index contributed by atoms with van der Waals surface area (Å²) in [6.07, 6.45) is 2.36. The Hall–Kier alpha value is -1.64. The summed E-state index contributed by atoms with van der Waals surface area (Å²) in [5.74, 6) is 1.68. The second-order valence-corrected chi connectivity index (χ2v) is 4.11. The third-order valence-electron chi connectivity index (χ3n) is 2.41. The third-order valence-corrected chi connectivity index (χ3v) is 2.41. The van der Waals surface area contributed by atoms with Gasteiger partial charge in [0, 0.05) is 12.3 Å². The van der Waals surface area contributed by atoms with E-state index in [-0.39, 0.29) is 5.82 Å². The average molecular weight is 219 g/mol. The molecule has 3 heteroatoms. The lowest BCUT2D eigenvalue weighted by molar-refractivity contribution is 0.446. The van der Waals surface area contributed by atoms with E-state index in [1.807, 2.05) is 0 Å². The van der Waals surface area contributed by atoms with Crippen LogP contribution in [0.1, 0.15) is 37.0 Å². The highest BCUT2D eigenvalue weighted by Crippen LogP contribution is 2.17. The molecule has 1 aromatic heterocycles. The van der Waals surface area contributed by atoms with E-state index in [2.05, 4.69) is 18.8 Å². The van der Waals surface area contributed by atoms with Crippen LogP contribution in [0.3, 0.4) is 0 Å². The molecule has 1 aromatic carbocycles. The van der Waals surface area contributed by atoms with Gasteiger partial charge >= 0.3 is 0 Å². The molecule has 0 spiro atoms. The molecule has 84 valence electrons. The van der Waals surface area contributed by atoms with Crippen LogP contribution in [-0.2, 0) is 6.42 Å². The first-order chi connectivity index (χ1) is 7.65. The van der Waals surface area contributed by atoms with Crippen molar-refractivity contribution in [3.8, 4) is 0 Å². The van der Waals surface area contributed by atoms with Gasteiger partial charge in [-0.2, -0.15) is 0 Å². The Labute approximate surface area is 94.1 Å². The number of hydrogen-bond acceptors (Lipinski definition) is 2. The molecule has 2 aromatic rings. The fourth-order valence-corrected chi connectivity index (χ4v) is 1.45. The van der Waals surface area contributed by atoms with Crippen molar-refractivity contribution in [2.24, 2.45) is 0 Å². The number of aromatic nitrogens is 1. The highest BCUT2D eigenvalue weighted by atomic mass is 19.1. The van der Waals surface area contributed by atoms with Gasteiger partial charge in [0.25, 0.3) is 0 Å². The zero-order chi connectivity index (χ0) is 11.5. The first-order valence-corrected chi connectivity index (χ1v) is 5.34. The maximum Gasteiger partial charge on any atom is 0.198 e. The second-order valence-electron chi connectivity index (χ2n) is 4.11. The molecule has 2 rings (SSSR count). The molecular weight excluding hydrogens is 205 g/mol. The topological polar surface area (TPSA) is 26.0 Å². The summed E-state index contributed by atoms with van der Waals surface area (Å²) in [7, 11) is 0. The minimum absolute atomic E-state index is 0.223. The van der Waals surface area contributed by atoms with E-state index in [4.69, 9.17) is 4.42 Å². The van der Waals surface area contributed by atoms with Crippen LogP contribution >= 0.6 is 0 Å². The molecule has 0 fully saturated rings. The Kier molecular flexibility index (Phi) is 3.04. The Morgan fingerprint density at radius 1 is 1.25 bits per heavy atom. The molecule has 0 aliphatic heterocycles. The summed E-state index contributed by atoms with van der Waals surface area (Å²) in [5.41, 5.74) is 0.999. The van der Waals surface area contributed by atoms with Crippen LogP contribution in [0.15, 0.2) is 34.9 Å². The number of hydrogen-bond donors (Lipinski definition) is 0. The molecule has 0 atom stereocenters. The molecule has 0 saturated carbocycles. The van der Waals surface area contributed by atoms with Crippen molar-refractivity contribution in [3.63, 3.8) is 0 Å².